The summed E-state index contributed by atoms with van der Waals surface area (Å²) in [6, 6.07) is -0.329. The lowest BCUT2D eigenvalue weighted by atomic mass is 10.2. The maximum absolute atomic E-state index is 12.1. The Morgan fingerprint density at radius 1 is 1.36 bits per heavy atom. The van der Waals surface area contributed by atoms with Crippen molar-refractivity contribution in [2.24, 2.45) is 5.84 Å². The van der Waals surface area contributed by atoms with Crippen molar-refractivity contribution in [1.82, 2.24) is 15.4 Å². The Kier molecular flexibility index (Phi) is 3.02. The van der Waals surface area contributed by atoms with Gasteiger partial charge in [-0.05, 0) is 6.92 Å². The number of nitrogens with two attached hydrogens (primary N) is 1. The summed E-state index contributed by atoms with van der Waals surface area (Å²) in [5, 5.41) is 0. The molecule has 0 aliphatic heterocycles. The van der Waals surface area contributed by atoms with Gasteiger partial charge in [-0.3, -0.25) is 16.3 Å². The van der Waals surface area contributed by atoms with E-state index in [0.717, 1.165) is 6.20 Å². The van der Waals surface area contributed by atoms with Crippen LogP contribution in [0.1, 0.15) is 24.4 Å². The Labute approximate surface area is 78.3 Å². The lowest BCUT2D eigenvalue weighted by molar-refractivity contribution is -0.141. The van der Waals surface area contributed by atoms with Crippen molar-refractivity contribution < 1.29 is 13.2 Å². The predicted octanol–water partition coefficient (Wildman–Crippen LogP) is 1.02. The molecular formula is C7H9F3N4. The van der Waals surface area contributed by atoms with Crippen LogP contribution in [-0.4, -0.2) is 9.97 Å². The molecule has 0 spiro atoms. The van der Waals surface area contributed by atoms with E-state index >= 15 is 0 Å². The second-order valence-corrected chi connectivity index (χ2v) is 2.71. The Hall–Kier alpha value is -1.21. The molecule has 0 aliphatic rings. The van der Waals surface area contributed by atoms with Crippen LogP contribution in [0.15, 0.2) is 12.4 Å². The topological polar surface area (TPSA) is 63.8 Å². The quantitative estimate of drug-likeness (QED) is 0.560. The van der Waals surface area contributed by atoms with E-state index in [9.17, 15) is 13.2 Å². The normalized spacial score (nSPS) is 14.1. The molecule has 78 valence electrons. The number of hydrogen-bond acceptors (Lipinski definition) is 4. The van der Waals surface area contributed by atoms with Gasteiger partial charge in [0.2, 0.25) is 0 Å². The van der Waals surface area contributed by atoms with E-state index in [1.54, 1.807) is 6.92 Å². The van der Waals surface area contributed by atoms with Gasteiger partial charge in [0, 0.05) is 0 Å². The third-order valence-electron chi connectivity index (χ3n) is 1.66. The molecular weight excluding hydrogens is 197 g/mol. The van der Waals surface area contributed by atoms with E-state index in [1.165, 1.54) is 0 Å². The molecule has 0 saturated carbocycles. The number of rotatable bonds is 2. The second-order valence-electron chi connectivity index (χ2n) is 2.71. The van der Waals surface area contributed by atoms with Crippen LogP contribution in [0, 0.1) is 0 Å². The molecule has 4 nitrogen and oxygen atoms in total. The maximum Gasteiger partial charge on any atom is 0.434 e. The van der Waals surface area contributed by atoms with Crippen LogP contribution in [-0.2, 0) is 6.18 Å². The van der Waals surface area contributed by atoms with Gasteiger partial charge in [0.25, 0.3) is 0 Å². The van der Waals surface area contributed by atoms with Gasteiger partial charge in [0.1, 0.15) is 0 Å². The summed E-state index contributed by atoms with van der Waals surface area (Å²) >= 11 is 0. The SMILES string of the molecule is CC(NN)c1cnc(C(F)(F)F)cn1. The minimum atomic E-state index is -4.45. The van der Waals surface area contributed by atoms with Crippen LogP contribution in [0.25, 0.3) is 0 Å². The van der Waals surface area contributed by atoms with E-state index < -0.39 is 11.9 Å². The summed E-state index contributed by atoms with van der Waals surface area (Å²) in [5.41, 5.74) is 1.71. The van der Waals surface area contributed by atoms with Crippen LogP contribution in [0.5, 0.6) is 0 Å². The van der Waals surface area contributed by atoms with Gasteiger partial charge in [-0.1, -0.05) is 0 Å². The van der Waals surface area contributed by atoms with Crippen LogP contribution >= 0.6 is 0 Å². The molecule has 0 amide bonds. The molecule has 14 heavy (non-hydrogen) atoms. The lowest BCUT2D eigenvalue weighted by Gasteiger charge is -2.09. The largest absolute Gasteiger partial charge is 0.434 e. The van der Waals surface area contributed by atoms with Crippen molar-refractivity contribution >= 4 is 0 Å². The summed E-state index contributed by atoms with van der Waals surface area (Å²) < 4.78 is 36.2. The highest BCUT2D eigenvalue weighted by Gasteiger charge is 2.32. The average Bonchev–Trinajstić information content (AvgIpc) is 2.15. The molecule has 7 heteroatoms. The third-order valence-corrected chi connectivity index (χ3v) is 1.66. The zero-order valence-corrected chi connectivity index (χ0v) is 7.34. The first-order valence-electron chi connectivity index (χ1n) is 3.80. The van der Waals surface area contributed by atoms with E-state index in [4.69, 9.17) is 5.84 Å². The average molecular weight is 206 g/mol. The third kappa shape index (κ3) is 2.39. The lowest BCUT2D eigenvalue weighted by Crippen LogP contribution is -2.26. The molecule has 1 aromatic rings. The van der Waals surface area contributed by atoms with Crippen molar-refractivity contribution in [3.05, 3.63) is 23.8 Å². The van der Waals surface area contributed by atoms with Crippen LogP contribution < -0.4 is 11.3 Å². The monoisotopic (exact) mass is 206 g/mol. The number of aromatic nitrogens is 2. The van der Waals surface area contributed by atoms with Crippen LogP contribution in [0.4, 0.5) is 13.2 Å². The highest BCUT2D eigenvalue weighted by molar-refractivity contribution is 5.07. The van der Waals surface area contributed by atoms with E-state index in [1.807, 2.05) is 0 Å². The molecule has 1 unspecified atom stereocenters. The Morgan fingerprint density at radius 2 is 2.00 bits per heavy atom. The molecule has 0 bridgehead atoms. The molecule has 1 rings (SSSR count). The first kappa shape index (κ1) is 10.9. The van der Waals surface area contributed by atoms with Crippen LogP contribution in [0.2, 0.25) is 0 Å². The predicted molar refractivity (Wildman–Crippen MR) is 42.8 cm³/mol. The first-order chi connectivity index (χ1) is 6.45. The molecule has 0 aromatic carbocycles. The summed E-state index contributed by atoms with van der Waals surface area (Å²) in [7, 11) is 0. The van der Waals surface area contributed by atoms with Crippen LogP contribution in [0.3, 0.4) is 0 Å². The zero-order chi connectivity index (χ0) is 10.8. The Morgan fingerprint density at radius 3 is 2.36 bits per heavy atom. The number of nitrogens with one attached hydrogen (secondary N) is 1. The van der Waals surface area contributed by atoms with Gasteiger partial charge < -0.3 is 0 Å². The number of nitrogens with zero attached hydrogens (tertiary/aromatic N) is 2. The van der Waals surface area contributed by atoms with Crippen molar-refractivity contribution in [2.75, 3.05) is 0 Å². The van der Waals surface area contributed by atoms with Crippen molar-refractivity contribution in [2.45, 2.75) is 19.1 Å². The zero-order valence-electron chi connectivity index (χ0n) is 7.34. The summed E-state index contributed by atoms with van der Waals surface area (Å²) in [4.78, 5) is 6.83. The van der Waals surface area contributed by atoms with Crippen molar-refractivity contribution in [3.8, 4) is 0 Å². The highest BCUT2D eigenvalue weighted by atomic mass is 19.4. The molecule has 0 radical (unpaired) electrons. The molecule has 0 fully saturated rings. The molecule has 0 aliphatic carbocycles. The van der Waals surface area contributed by atoms with Gasteiger partial charge in [-0.2, -0.15) is 13.2 Å². The number of hydrogen-bond donors (Lipinski definition) is 2. The summed E-state index contributed by atoms with van der Waals surface area (Å²) in [5.74, 6) is 5.09. The Balaban J connectivity index is 2.89. The fourth-order valence-corrected chi connectivity index (χ4v) is 0.793. The van der Waals surface area contributed by atoms with Gasteiger partial charge in [-0.25, -0.2) is 4.98 Å². The van der Waals surface area contributed by atoms with Gasteiger partial charge in [0.15, 0.2) is 5.69 Å². The Bertz CT molecular complexity index is 295. The molecule has 1 aromatic heterocycles. The molecule has 3 N–H and O–H groups in total. The summed E-state index contributed by atoms with van der Waals surface area (Å²) in [6.07, 6.45) is -2.72. The number of hydrazine groups is 1. The minimum Gasteiger partial charge on any atom is -0.271 e. The number of halogens is 3. The second kappa shape index (κ2) is 3.89. The highest BCUT2D eigenvalue weighted by Crippen LogP contribution is 2.26. The first-order valence-corrected chi connectivity index (χ1v) is 3.80. The minimum absolute atomic E-state index is 0.329. The molecule has 1 heterocycles. The smallest absolute Gasteiger partial charge is 0.271 e. The fraction of sp³-hybridized carbons (Fsp3) is 0.429. The van der Waals surface area contributed by atoms with Gasteiger partial charge in [-0.15, -0.1) is 0 Å². The van der Waals surface area contributed by atoms with E-state index in [2.05, 4.69) is 15.4 Å². The van der Waals surface area contributed by atoms with Crippen molar-refractivity contribution in [3.63, 3.8) is 0 Å². The van der Waals surface area contributed by atoms with Gasteiger partial charge in [0.05, 0.1) is 24.1 Å². The van der Waals surface area contributed by atoms with Gasteiger partial charge >= 0.3 is 6.18 Å². The summed E-state index contributed by atoms with van der Waals surface area (Å²) in [6.45, 7) is 1.66. The standard InChI is InChI=1S/C7H9F3N4/c1-4(14-11)5-2-13-6(3-12-5)7(8,9)10/h2-4,14H,11H2,1H3. The van der Waals surface area contributed by atoms with E-state index in [-0.39, 0.29) is 6.04 Å². The number of alkyl halides is 3. The van der Waals surface area contributed by atoms with Crippen molar-refractivity contribution in [1.29, 1.82) is 0 Å². The molecule has 1 atom stereocenters. The van der Waals surface area contributed by atoms with E-state index in [0.29, 0.717) is 11.9 Å². The fourth-order valence-electron chi connectivity index (χ4n) is 0.793. The molecule has 0 saturated heterocycles. The maximum atomic E-state index is 12.1.